The number of carbonyl (C=O) groups is 4. The first-order valence-corrected chi connectivity index (χ1v) is 8.54. The van der Waals surface area contributed by atoms with E-state index in [4.69, 9.17) is 9.47 Å². The molecule has 0 aromatic rings. The van der Waals surface area contributed by atoms with Crippen molar-refractivity contribution < 1.29 is 28.7 Å². The van der Waals surface area contributed by atoms with Crippen LogP contribution in [0.25, 0.3) is 0 Å². The van der Waals surface area contributed by atoms with E-state index < -0.39 is 47.7 Å². The summed E-state index contributed by atoms with van der Waals surface area (Å²) in [7, 11) is 0. The summed E-state index contributed by atoms with van der Waals surface area (Å²) in [6, 6.07) is 0. The molecule has 132 valence electrons. The van der Waals surface area contributed by atoms with Crippen LogP contribution in [0.4, 0.5) is 0 Å². The van der Waals surface area contributed by atoms with Gasteiger partial charge in [-0.1, -0.05) is 12.2 Å². The summed E-state index contributed by atoms with van der Waals surface area (Å²) in [6.45, 7) is 3.63. The van der Waals surface area contributed by atoms with Gasteiger partial charge in [0.1, 0.15) is 11.8 Å². The van der Waals surface area contributed by atoms with Gasteiger partial charge in [-0.25, -0.2) is 0 Å². The van der Waals surface area contributed by atoms with Crippen molar-refractivity contribution in [3.63, 3.8) is 0 Å². The van der Waals surface area contributed by atoms with Gasteiger partial charge in [-0.15, -0.1) is 0 Å². The van der Waals surface area contributed by atoms with Gasteiger partial charge >= 0.3 is 11.9 Å². The summed E-state index contributed by atoms with van der Waals surface area (Å²) in [6.07, 6.45) is 5.76. The second-order valence-electron chi connectivity index (χ2n) is 6.19. The summed E-state index contributed by atoms with van der Waals surface area (Å²) in [5.74, 6) is -5.05. The lowest BCUT2D eigenvalue weighted by atomic mass is 9.62. The number of carbonyl (C=O) groups excluding carboxylic acids is 4. The molecule has 0 N–H and O–H groups in total. The van der Waals surface area contributed by atoms with E-state index in [9.17, 15) is 19.2 Å². The lowest BCUT2D eigenvalue weighted by Gasteiger charge is -2.39. The maximum atomic E-state index is 12.4. The predicted molar refractivity (Wildman–Crippen MR) is 84.8 cm³/mol. The molecule has 0 radical (unpaired) electrons. The van der Waals surface area contributed by atoms with Crippen molar-refractivity contribution in [2.75, 3.05) is 13.2 Å². The van der Waals surface area contributed by atoms with E-state index >= 15 is 0 Å². The Balaban J connectivity index is 2.40. The number of esters is 2. The minimum atomic E-state index is -1.06. The molecule has 1 saturated carbocycles. The Kier molecular flexibility index (Phi) is 6.29. The Bertz CT molecular complexity index is 514. The fraction of sp³-hybridized carbons (Fsp3) is 0.667. The predicted octanol–water partition coefficient (Wildman–Crippen LogP) is 1.86. The van der Waals surface area contributed by atoms with Crippen molar-refractivity contribution in [1.82, 2.24) is 0 Å². The molecule has 3 atom stereocenters. The molecule has 6 heteroatoms. The molecule has 0 heterocycles. The van der Waals surface area contributed by atoms with E-state index in [0.29, 0.717) is 6.42 Å². The number of ether oxygens (including phenoxy) is 2. The summed E-state index contributed by atoms with van der Waals surface area (Å²) in [5, 5.41) is 0. The number of ketones is 2. The second-order valence-corrected chi connectivity index (χ2v) is 6.19. The lowest BCUT2D eigenvalue weighted by molar-refractivity contribution is -0.166. The van der Waals surface area contributed by atoms with Crippen LogP contribution in [-0.4, -0.2) is 36.7 Å². The number of Topliss-reactive ketones (excluding diaryl/α,β-unsaturated/α-hetero) is 2. The van der Waals surface area contributed by atoms with Gasteiger partial charge in [0.25, 0.3) is 0 Å². The standard InChI is InChI=1S/C18H24O6/c1-3-23-17(21)15-12(19)10-13(20)16(18(22)24-4-2)14(15)11-8-6-5-7-9-11/h5-6,11,14-16H,3-4,7-10H2,1-2H3. The molecule has 1 fully saturated rings. The molecule has 24 heavy (non-hydrogen) atoms. The van der Waals surface area contributed by atoms with E-state index in [2.05, 4.69) is 0 Å². The first-order valence-electron chi connectivity index (χ1n) is 8.54. The Morgan fingerprint density at radius 3 is 1.96 bits per heavy atom. The maximum absolute atomic E-state index is 12.4. The monoisotopic (exact) mass is 336 g/mol. The number of hydrogen-bond acceptors (Lipinski definition) is 6. The van der Waals surface area contributed by atoms with E-state index in [-0.39, 0.29) is 19.1 Å². The lowest BCUT2D eigenvalue weighted by Crippen LogP contribution is -2.51. The van der Waals surface area contributed by atoms with Crippen LogP contribution >= 0.6 is 0 Å². The fourth-order valence-corrected chi connectivity index (χ4v) is 3.77. The van der Waals surface area contributed by atoms with E-state index in [1.807, 2.05) is 12.2 Å². The van der Waals surface area contributed by atoms with Crippen molar-refractivity contribution in [2.24, 2.45) is 23.7 Å². The van der Waals surface area contributed by atoms with Crippen molar-refractivity contribution in [1.29, 1.82) is 0 Å². The SMILES string of the molecule is CCOC(=O)C1C(=O)CC(=O)C(C(=O)OCC)C1C1CC=CCC1. The summed E-state index contributed by atoms with van der Waals surface area (Å²) >= 11 is 0. The molecule has 2 aliphatic carbocycles. The Hall–Kier alpha value is -1.98. The number of hydrogen-bond donors (Lipinski definition) is 0. The minimum absolute atomic E-state index is 0.0907. The molecular weight excluding hydrogens is 312 g/mol. The third-order valence-corrected chi connectivity index (χ3v) is 4.75. The molecule has 2 rings (SSSR count). The van der Waals surface area contributed by atoms with Gasteiger partial charge < -0.3 is 9.47 Å². The normalized spacial score (nSPS) is 30.1. The highest BCUT2D eigenvalue weighted by atomic mass is 16.5. The van der Waals surface area contributed by atoms with Gasteiger partial charge in [-0.05, 0) is 39.0 Å². The van der Waals surface area contributed by atoms with Crippen LogP contribution < -0.4 is 0 Å². The van der Waals surface area contributed by atoms with Crippen molar-refractivity contribution in [3.8, 4) is 0 Å². The molecule has 6 nitrogen and oxygen atoms in total. The third-order valence-electron chi connectivity index (χ3n) is 4.75. The number of allylic oxidation sites excluding steroid dienone is 2. The van der Waals surface area contributed by atoms with Crippen molar-refractivity contribution in [2.45, 2.75) is 39.5 Å². The molecule has 0 bridgehead atoms. The molecule has 0 saturated heterocycles. The largest absolute Gasteiger partial charge is 0.465 e. The average Bonchev–Trinajstić information content (AvgIpc) is 2.55. The Morgan fingerprint density at radius 1 is 1.00 bits per heavy atom. The molecule has 2 aliphatic rings. The zero-order chi connectivity index (χ0) is 17.7. The Labute approximate surface area is 141 Å². The van der Waals surface area contributed by atoms with Crippen LogP contribution in [0, 0.1) is 23.7 Å². The highest BCUT2D eigenvalue weighted by molar-refractivity contribution is 6.16. The zero-order valence-electron chi connectivity index (χ0n) is 14.2. The van der Waals surface area contributed by atoms with Crippen LogP contribution in [0.5, 0.6) is 0 Å². The molecule has 0 amide bonds. The highest BCUT2D eigenvalue weighted by Crippen LogP contribution is 2.42. The van der Waals surface area contributed by atoms with Crippen molar-refractivity contribution in [3.05, 3.63) is 12.2 Å². The van der Waals surface area contributed by atoms with E-state index in [1.54, 1.807) is 13.8 Å². The summed E-state index contributed by atoms with van der Waals surface area (Å²) in [5.41, 5.74) is 0. The highest BCUT2D eigenvalue weighted by Gasteiger charge is 2.53. The quantitative estimate of drug-likeness (QED) is 0.433. The molecular formula is C18H24O6. The average molecular weight is 336 g/mol. The Morgan fingerprint density at radius 2 is 1.54 bits per heavy atom. The van der Waals surface area contributed by atoms with Gasteiger partial charge in [0, 0.05) is 5.92 Å². The van der Waals surface area contributed by atoms with Crippen LogP contribution in [0.15, 0.2) is 12.2 Å². The fourth-order valence-electron chi connectivity index (χ4n) is 3.77. The maximum Gasteiger partial charge on any atom is 0.316 e. The summed E-state index contributed by atoms with van der Waals surface area (Å²) < 4.78 is 10.1. The molecule has 0 aromatic heterocycles. The van der Waals surface area contributed by atoms with Crippen LogP contribution in [0.3, 0.4) is 0 Å². The molecule has 3 unspecified atom stereocenters. The van der Waals surface area contributed by atoms with E-state index in [0.717, 1.165) is 12.8 Å². The number of rotatable bonds is 5. The van der Waals surface area contributed by atoms with Gasteiger partial charge in [-0.3, -0.25) is 19.2 Å². The third kappa shape index (κ3) is 3.74. The minimum Gasteiger partial charge on any atom is -0.465 e. The molecule has 0 aliphatic heterocycles. The topological polar surface area (TPSA) is 86.7 Å². The zero-order valence-corrected chi connectivity index (χ0v) is 14.2. The first-order chi connectivity index (χ1) is 11.5. The van der Waals surface area contributed by atoms with Crippen LogP contribution in [-0.2, 0) is 28.7 Å². The van der Waals surface area contributed by atoms with Gasteiger partial charge in [0.2, 0.25) is 0 Å². The smallest absolute Gasteiger partial charge is 0.316 e. The van der Waals surface area contributed by atoms with Gasteiger partial charge in [0.15, 0.2) is 11.6 Å². The second kappa shape index (κ2) is 8.22. The van der Waals surface area contributed by atoms with Crippen LogP contribution in [0.2, 0.25) is 0 Å². The first kappa shape index (κ1) is 18.4. The van der Waals surface area contributed by atoms with E-state index in [1.165, 1.54) is 0 Å². The van der Waals surface area contributed by atoms with Gasteiger partial charge in [0.05, 0.1) is 19.6 Å². The van der Waals surface area contributed by atoms with Gasteiger partial charge in [-0.2, -0.15) is 0 Å². The van der Waals surface area contributed by atoms with Crippen LogP contribution in [0.1, 0.15) is 39.5 Å². The summed E-state index contributed by atoms with van der Waals surface area (Å²) in [4.78, 5) is 49.6. The van der Waals surface area contributed by atoms with Crippen molar-refractivity contribution >= 4 is 23.5 Å². The molecule has 0 aromatic carbocycles. The molecule has 0 spiro atoms.